The second-order valence-corrected chi connectivity index (χ2v) is 2.73. The van der Waals surface area contributed by atoms with Gasteiger partial charge in [0.2, 0.25) is 0 Å². The van der Waals surface area contributed by atoms with Crippen molar-refractivity contribution in [1.82, 2.24) is 9.97 Å². The summed E-state index contributed by atoms with van der Waals surface area (Å²) in [5.41, 5.74) is 11.1. The highest BCUT2D eigenvalue weighted by Gasteiger charge is 2.11. The fourth-order valence-corrected chi connectivity index (χ4v) is 1.05. The highest BCUT2D eigenvalue weighted by atomic mass is 16.2. The molecule has 4 N–H and O–H groups in total. The van der Waals surface area contributed by atoms with Crippen LogP contribution in [0.15, 0.2) is 18.7 Å². The third-order valence-electron chi connectivity index (χ3n) is 1.71. The molecule has 1 aromatic heterocycles. The van der Waals surface area contributed by atoms with Crippen LogP contribution in [0.1, 0.15) is 6.42 Å². The third kappa shape index (κ3) is 2.67. The van der Waals surface area contributed by atoms with Gasteiger partial charge in [0.1, 0.15) is 6.33 Å². The van der Waals surface area contributed by atoms with Gasteiger partial charge in [-0.25, -0.2) is 14.8 Å². The molecule has 0 atom stereocenters. The van der Waals surface area contributed by atoms with E-state index in [0.29, 0.717) is 25.2 Å². The zero-order chi connectivity index (χ0) is 10.4. The van der Waals surface area contributed by atoms with Crippen molar-refractivity contribution in [2.45, 2.75) is 6.42 Å². The topological polar surface area (TPSA) is 98.1 Å². The Bertz CT molecular complexity index is 289. The van der Waals surface area contributed by atoms with Crippen LogP contribution in [-0.4, -0.2) is 29.1 Å². The minimum atomic E-state index is -0.520. The Morgan fingerprint density at radius 1 is 1.43 bits per heavy atom. The Labute approximate surface area is 81.9 Å². The van der Waals surface area contributed by atoms with Crippen LogP contribution in [0.4, 0.5) is 10.5 Å². The van der Waals surface area contributed by atoms with Crippen LogP contribution < -0.4 is 16.4 Å². The molecular formula is C8H13N5O. The predicted molar refractivity (Wildman–Crippen MR) is 52.6 cm³/mol. The first-order valence-electron chi connectivity index (χ1n) is 4.27. The molecule has 0 aliphatic rings. The molecule has 6 heteroatoms. The molecule has 0 aromatic carbocycles. The molecule has 0 fully saturated rings. The number of carbonyl (C=O) groups excluding carboxylic acids is 1. The minimum absolute atomic E-state index is 0.485. The van der Waals surface area contributed by atoms with Crippen molar-refractivity contribution in [1.29, 1.82) is 0 Å². The Balaban J connectivity index is 2.73. The van der Waals surface area contributed by atoms with Gasteiger partial charge < -0.3 is 11.5 Å². The van der Waals surface area contributed by atoms with Gasteiger partial charge in [0.05, 0.1) is 18.1 Å². The second-order valence-electron chi connectivity index (χ2n) is 2.73. The average Bonchev–Trinajstić information content (AvgIpc) is 2.19. The lowest BCUT2D eigenvalue weighted by molar-refractivity contribution is 0.254. The molecule has 76 valence electrons. The van der Waals surface area contributed by atoms with Crippen molar-refractivity contribution in [2.75, 3.05) is 18.0 Å². The molecular weight excluding hydrogens is 182 g/mol. The van der Waals surface area contributed by atoms with E-state index >= 15 is 0 Å². The van der Waals surface area contributed by atoms with Crippen LogP contribution in [0.2, 0.25) is 0 Å². The lowest BCUT2D eigenvalue weighted by Gasteiger charge is -2.18. The Hall–Kier alpha value is -1.69. The molecule has 0 aliphatic heterocycles. The zero-order valence-electron chi connectivity index (χ0n) is 7.76. The van der Waals surface area contributed by atoms with Crippen LogP contribution in [-0.2, 0) is 0 Å². The predicted octanol–water partition coefficient (Wildman–Crippen LogP) is -0.289. The molecule has 0 spiro atoms. The third-order valence-corrected chi connectivity index (χ3v) is 1.71. The number of urea groups is 1. The smallest absolute Gasteiger partial charge is 0.319 e. The van der Waals surface area contributed by atoms with Gasteiger partial charge in [-0.05, 0) is 13.0 Å². The molecule has 2 amide bonds. The number of amides is 2. The van der Waals surface area contributed by atoms with Gasteiger partial charge in [0.15, 0.2) is 0 Å². The number of hydrogen-bond acceptors (Lipinski definition) is 4. The molecule has 1 aromatic rings. The lowest BCUT2D eigenvalue weighted by atomic mass is 10.3. The number of nitrogens with zero attached hydrogens (tertiary/aromatic N) is 3. The molecule has 0 unspecified atom stereocenters. The molecule has 0 saturated heterocycles. The first-order chi connectivity index (χ1) is 6.75. The number of rotatable bonds is 4. The summed E-state index contributed by atoms with van der Waals surface area (Å²) in [6.07, 6.45) is 5.16. The van der Waals surface area contributed by atoms with Crippen molar-refractivity contribution in [3.05, 3.63) is 18.7 Å². The minimum Gasteiger partial charge on any atom is -0.351 e. The maximum absolute atomic E-state index is 11.1. The number of aromatic nitrogens is 2. The first kappa shape index (κ1) is 10.4. The first-order valence-corrected chi connectivity index (χ1v) is 4.27. The van der Waals surface area contributed by atoms with E-state index < -0.39 is 6.03 Å². The second kappa shape index (κ2) is 5.13. The van der Waals surface area contributed by atoms with Crippen molar-refractivity contribution in [3.8, 4) is 0 Å². The summed E-state index contributed by atoms with van der Waals surface area (Å²) in [6, 6.07) is -0.520. The maximum Gasteiger partial charge on any atom is 0.319 e. The van der Waals surface area contributed by atoms with Gasteiger partial charge in [-0.1, -0.05) is 0 Å². The number of primary amides is 1. The molecule has 0 aliphatic carbocycles. The van der Waals surface area contributed by atoms with Crippen molar-refractivity contribution >= 4 is 11.7 Å². The highest BCUT2D eigenvalue weighted by Crippen LogP contribution is 2.09. The van der Waals surface area contributed by atoms with E-state index in [2.05, 4.69) is 9.97 Å². The van der Waals surface area contributed by atoms with E-state index in [4.69, 9.17) is 11.5 Å². The van der Waals surface area contributed by atoms with Gasteiger partial charge in [-0.2, -0.15) is 0 Å². The van der Waals surface area contributed by atoms with Gasteiger partial charge >= 0.3 is 6.03 Å². The number of hydrogen-bond donors (Lipinski definition) is 2. The SMILES string of the molecule is NCCCN(C(N)=O)c1cncnc1. The monoisotopic (exact) mass is 195 g/mol. The largest absolute Gasteiger partial charge is 0.351 e. The van der Waals surface area contributed by atoms with Crippen LogP contribution >= 0.6 is 0 Å². The Kier molecular flexibility index (Phi) is 3.81. The molecule has 1 heterocycles. The van der Waals surface area contributed by atoms with Crippen molar-refractivity contribution in [2.24, 2.45) is 11.5 Å². The van der Waals surface area contributed by atoms with Crippen LogP contribution in [0, 0.1) is 0 Å². The van der Waals surface area contributed by atoms with E-state index in [-0.39, 0.29) is 0 Å². The van der Waals surface area contributed by atoms with E-state index in [9.17, 15) is 4.79 Å². The molecule has 0 radical (unpaired) electrons. The Morgan fingerprint density at radius 3 is 2.57 bits per heavy atom. The highest BCUT2D eigenvalue weighted by molar-refractivity contribution is 5.90. The van der Waals surface area contributed by atoms with Gasteiger partial charge in [0, 0.05) is 6.54 Å². The summed E-state index contributed by atoms with van der Waals surface area (Å²) >= 11 is 0. The number of carbonyl (C=O) groups is 1. The van der Waals surface area contributed by atoms with Crippen LogP contribution in [0.5, 0.6) is 0 Å². The summed E-state index contributed by atoms with van der Waals surface area (Å²) in [4.78, 5) is 20.1. The molecule has 0 bridgehead atoms. The molecule has 1 rings (SSSR count). The number of anilines is 1. The van der Waals surface area contributed by atoms with Gasteiger partial charge in [-0.3, -0.25) is 4.90 Å². The van der Waals surface area contributed by atoms with E-state index in [0.717, 1.165) is 0 Å². The normalized spacial score (nSPS) is 9.79. The maximum atomic E-state index is 11.1. The summed E-state index contributed by atoms with van der Waals surface area (Å²) in [5.74, 6) is 0. The quantitative estimate of drug-likeness (QED) is 0.689. The number of nitrogens with two attached hydrogens (primary N) is 2. The summed E-state index contributed by atoms with van der Waals surface area (Å²) in [5, 5.41) is 0. The molecule has 6 nitrogen and oxygen atoms in total. The average molecular weight is 195 g/mol. The summed E-state index contributed by atoms with van der Waals surface area (Å²) in [7, 11) is 0. The lowest BCUT2D eigenvalue weighted by Crippen LogP contribution is -2.37. The van der Waals surface area contributed by atoms with E-state index in [1.807, 2.05) is 0 Å². The van der Waals surface area contributed by atoms with Crippen molar-refractivity contribution in [3.63, 3.8) is 0 Å². The summed E-state index contributed by atoms with van der Waals surface area (Å²) < 4.78 is 0. The Morgan fingerprint density at radius 2 is 2.07 bits per heavy atom. The standard InChI is InChI=1S/C8H13N5O/c9-2-1-3-13(8(10)14)7-4-11-6-12-5-7/h4-6H,1-3,9H2,(H2,10,14). The summed E-state index contributed by atoms with van der Waals surface area (Å²) in [6.45, 7) is 0.997. The molecule has 14 heavy (non-hydrogen) atoms. The van der Waals surface area contributed by atoms with Gasteiger partial charge in [-0.15, -0.1) is 0 Å². The van der Waals surface area contributed by atoms with Crippen molar-refractivity contribution < 1.29 is 4.79 Å². The van der Waals surface area contributed by atoms with Crippen LogP contribution in [0.3, 0.4) is 0 Å². The van der Waals surface area contributed by atoms with E-state index in [1.165, 1.54) is 23.6 Å². The van der Waals surface area contributed by atoms with Gasteiger partial charge in [0.25, 0.3) is 0 Å². The zero-order valence-corrected chi connectivity index (χ0v) is 7.76. The fraction of sp³-hybridized carbons (Fsp3) is 0.375. The molecule has 0 saturated carbocycles. The fourth-order valence-electron chi connectivity index (χ4n) is 1.05. The van der Waals surface area contributed by atoms with Crippen LogP contribution in [0.25, 0.3) is 0 Å². The van der Waals surface area contributed by atoms with E-state index in [1.54, 1.807) is 0 Å².